The molecule has 8 nitrogen and oxygen atoms in total. The summed E-state index contributed by atoms with van der Waals surface area (Å²) in [4.78, 5) is 20.6. The molecular weight excluding hydrogens is 468 g/mol. The van der Waals surface area contributed by atoms with Crippen LogP contribution in [0.2, 0.25) is 0 Å². The Morgan fingerprint density at radius 3 is 2.41 bits per heavy atom. The van der Waals surface area contributed by atoms with Gasteiger partial charge in [0.05, 0.1) is 14.2 Å². The first-order valence-electron chi connectivity index (χ1n) is 12.1. The summed E-state index contributed by atoms with van der Waals surface area (Å²) in [6.45, 7) is 0.452. The second-order valence-corrected chi connectivity index (χ2v) is 8.66. The number of carbonyl (C=O) groups is 1. The van der Waals surface area contributed by atoms with E-state index < -0.39 is 0 Å². The molecule has 0 aliphatic rings. The average molecular weight is 497 g/mol. The van der Waals surface area contributed by atoms with Crippen molar-refractivity contribution in [3.8, 4) is 22.9 Å². The number of rotatable bonds is 10. The maximum atomic E-state index is 12.8. The third-order valence-electron chi connectivity index (χ3n) is 6.40. The molecule has 0 saturated carbocycles. The van der Waals surface area contributed by atoms with Crippen LogP contribution < -0.4 is 14.8 Å². The van der Waals surface area contributed by atoms with E-state index in [0.717, 1.165) is 39.1 Å². The van der Waals surface area contributed by atoms with E-state index in [4.69, 9.17) is 14.0 Å². The summed E-state index contributed by atoms with van der Waals surface area (Å²) in [5.74, 6) is 2.34. The Morgan fingerprint density at radius 2 is 1.68 bits per heavy atom. The second kappa shape index (κ2) is 11.0. The SMILES string of the molecule is COc1ccc(-c2noc(CCC(=O)NCC(c3ccc(OC)cc3)c3c[nH]c4ccccc34)n2)cc1. The van der Waals surface area contributed by atoms with Crippen LogP contribution in [-0.4, -0.2) is 41.8 Å². The summed E-state index contributed by atoms with van der Waals surface area (Å²) in [5.41, 5.74) is 4.10. The molecule has 5 aromatic rings. The monoisotopic (exact) mass is 496 g/mol. The highest BCUT2D eigenvalue weighted by atomic mass is 16.5. The number of aromatic nitrogens is 3. The fourth-order valence-electron chi connectivity index (χ4n) is 4.36. The molecule has 2 aromatic heterocycles. The van der Waals surface area contributed by atoms with Gasteiger partial charge in [0.15, 0.2) is 0 Å². The van der Waals surface area contributed by atoms with Gasteiger partial charge in [-0.3, -0.25) is 4.79 Å². The lowest BCUT2D eigenvalue weighted by atomic mass is 9.90. The number of amides is 1. The topological polar surface area (TPSA) is 102 Å². The minimum absolute atomic E-state index is 0.0314. The summed E-state index contributed by atoms with van der Waals surface area (Å²) in [6, 6.07) is 23.5. The predicted molar refractivity (Wildman–Crippen MR) is 141 cm³/mol. The molecule has 5 rings (SSSR count). The van der Waals surface area contributed by atoms with Gasteiger partial charge in [0, 0.05) is 48.0 Å². The Morgan fingerprint density at radius 1 is 0.973 bits per heavy atom. The number of H-pyrrole nitrogens is 1. The molecule has 3 aromatic carbocycles. The van der Waals surface area contributed by atoms with E-state index in [2.05, 4.69) is 26.5 Å². The van der Waals surface area contributed by atoms with E-state index in [1.54, 1.807) is 14.2 Å². The number of nitrogens with one attached hydrogen (secondary N) is 2. The Balaban J connectivity index is 1.25. The minimum Gasteiger partial charge on any atom is -0.497 e. The molecule has 2 N–H and O–H groups in total. The van der Waals surface area contributed by atoms with Crippen LogP contribution in [0.5, 0.6) is 11.5 Å². The first kappa shape index (κ1) is 24.1. The van der Waals surface area contributed by atoms with Gasteiger partial charge in [0.1, 0.15) is 11.5 Å². The molecule has 188 valence electrons. The smallest absolute Gasteiger partial charge is 0.227 e. The van der Waals surface area contributed by atoms with Crippen molar-refractivity contribution in [1.29, 1.82) is 0 Å². The van der Waals surface area contributed by atoms with Crippen molar-refractivity contribution < 1.29 is 18.8 Å². The number of aryl methyl sites for hydroxylation is 1. The van der Waals surface area contributed by atoms with Crippen LogP contribution >= 0.6 is 0 Å². The second-order valence-electron chi connectivity index (χ2n) is 8.66. The van der Waals surface area contributed by atoms with Crippen LogP contribution in [0.25, 0.3) is 22.3 Å². The Hall–Kier alpha value is -4.59. The van der Waals surface area contributed by atoms with E-state index in [0.29, 0.717) is 24.7 Å². The largest absolute Gasteiger partial charge is 0.497 e. The van der Waals surface area contributed by atoms with Gasteiger partial charge >= 0.3 is 0 Å². The quantitative estimate of drug-likeness (QED) is 0.278. The molecule has 37 heavy (non-hydrogen) atoms. The highest BCUT2D eigenvalue weighted by Crippen LogP contribution is 2.31. The van der Waals surface area contributed by atoms with Crippen molar-refractivity contribution in [2.24, 2.45) is 0 Å². The lowest BCUT2D eigenvalue weighted by Crippen LogP contribution is -2.29. The normalized spacial score (nSPS) is 11.8. The van der Waals surface area contributed by atoms with Gasteiger partial charge in [-0.2, -0.15) is 4.98 Å². The Bertz CT molecular complexity index is 1470. The number of methoxy groups -OCH3 is 2. The zero-order chi connectivity index (χ0) is 25.6. The number of aromatic amines is 1. The van der Waals surface area contributed by atoms with Gasteiger partial charge < -0.3 is 24.3 Å². The number of hydrogen-bond acceptors (Lipinski definition) is 6. The average Bonchev–Trinajstić information content (AvgIpc) is 3.60. The van der Waals surface area contributed by atoms with Gasteiger partial charge in [-0.05, 0) is 53.6 Å². The number of ether oxygens (including phenoxy) is 2. The van der Waals surface area contributed by atoms with E-state index in [1.165, 1.54) is 0 Å². The molecule has 0 fully saturated rings. The number of nitrogens with zero attached hydrogens (tertiary/aromatic N) is 2. The summed E-state index contributed by atoms with van der Waals surface area (Å²) < 4.78 is 15.9. The number of benzene rings is 3. The van der Waals surface area contributed by atoms with Crippen molar-refractivity contribution in [1.82, 2.24) is 20.4 Å². The van der Waals surface area contributed by atoms with Crippen molar-refractivity contribution in [2.45, 2.75) is 18.8 Å². The first-order chi connectivity index (χ1) is 18.1. The zero-order valence-electron chi connectivity index (χ0n) is 20.7. The predicted octanol–water partition coefficient (Wildman–Crippen LogP) is 5.12. The van der Waals surface area contributed by atoms with E-state index >= 15 is 0 Å². The zero-order valence-corrected chi connectivity index (χ0v) is 20.7. The molecule has 2 heterocycles. The number of hydrogen-bond donors (Lipinski definition) is 2. The number of para-hydroxylation sites is 1. The Labute approximate surface area is 214 Å². The highest BCUT2D eigenvalue weighted by Gasteiger charge is 2.20. The van der Waals surface area contributed by atoms with Gasteiger partial charge in [0.2, 0.25) is 17.6 Å². The van der Waals surface area contributed by atoms with Crippen LogP contribution in [0.4, 0.5) is 0 Å². The standard InChI is InChI=1S/C29H28N4O4/c1-35-21-11-7-19(8-12-21)24(25-18-30-26-6-4-3-5-23(25)26)17-31-27(34)15-16-28-32-29(33-37-28)20-9-13-22(36-2)14-10-20/h3-14,18,24,30H,15-17H2,1-2H3,(H,31,34). The maximum Gasteiger partial charge on any atom is 0.227 e. The minimum atomic E-state index is -0.0810. The molecule has 1 atom stereocenters. The molecule has 1 unspecified atom stereocenters. The van der Waals surface area contributed by atoms with Gasteiger partial charge in [-0.15, -0.1) is 0 Å². The van der Waals surface area contributed by atoms with Crippen LogP contribution in [-0.2, 0) is 11.2 Å². The van der Waals surface area contributed by atoms with Crippen molar-refractivity contribution in [2.75, 3.05) is 20.8 Å². The van der Waals surface area contributed by atoms with E-state index in [1.807, 2.05) is 72.9 Å². The molecule has 8 heteroatoms. The van der Waals surface area contributed by atoms with Crippen molar-refractivity contribution in [3.63, 3.8) is 0 Å². The van der Waals surface area contributed by atoms with Crippen LogP contribution in [0.1, 0.15) is 29.4 Å². The maximum absolute atomic E-state index is 12.8. The van der Waals surface area contributed by atoms with Gasteiger partial charge in [-0.1, -0.05) is 35.5 Å². The fraction of sp³-hybridized carbons (Fsp3) is 0.207. The third-order valence-corrected chi connectivity index (χ3v) is 6.40. The lowest BCUT2D eigenvalue weighted by Gasteiger charge is -2.18. The lowest BCUT2D eigenvalue weighted by molar-refractivity contribution is -0.121. The Kier molecular flexibility index (Phi) is 7.16. The van der Waals surface area contributed by atoms with Crippen LogP contribution in [0, 0.1) is 0 Å². The van der Waals surface area contributed by atoms with E-state index in [9.17, 15) is 4.79 Å². The molecule has 0 spiro atoms. The third kappa shape index (κ3) is 5.48. The molecule has 0 aliphatic heterocycles. The highest BCUT2D eigenvalue weighted by molar-refractivity contribution is 5.84. The van der Waals surface area contributed by atoms with Crippen molar-refractivity contribution >= 4 is 16.8 Å². The number of fused-ring (bicyclic) bond motifs is 1. The van der Waals surface area contributed by atoms with Gasteiger partial charge in [0.25, 0.3) is 0 Å². The summed E-state index contributed by atoms with van der Waals surface area (Å²) in [7, 11) is 3.27. The molecule has 0 saturated heterocycles. The van der Waals surface area contributed by atoms with E-state index in [-0.39, 0.29) is 18.2 Å². The molecule has 0 aliphatic carbocycles. The summed E-state index contributed by atoms with van der Waals surface area (Å²) in [6.07, 6.45) is 2.62. The molecule has 0 bridgehead atoms. The number of carbonyl (C=O) groups excluding carboxylic acids is 1. The summed E-state index contributed by atoms with van der Waals surface area (Å²) >= 11 is 0. The van der Waals surface area contributed by atoms with Crippen LogP contribution in [0.3, 0.4) is 0 Å². The molecular formula is C29H28N4O4. The van der Waals surface area contributed by atoms with Gasteiger partial charge in [-0.25, -0.2) is 0 Å². The molecule has 0 radical (unpaired) electrons. The summed E-state index contributed by atoms with van der Waals surface area (Å²) in [5, 5.41) is 8.27. The van der Waals surface area contributed by atoms with Crippen LogP contribution in [0.15, 0.2) is 83.5 Å². The van der Waals surface area contributed by atoms with Crippen molar-refractivity contribution in [3.05, 3.63) is 96.0 Å². The molecule has 1 amide bonds. The fourth-order valence-corrected chi connectivity index (χ4v) is 4.36. The first-order valence-corrected chi connectivity index (χ1v) is 12.1.